The zero-order chi connectivity index (χ0) is 21.6. The van der Waals surface area contributed by atoms with Crippen LogP contribution in [0.3, 0.4) is 0 Å². The highest BCUT2D eigenvalue weighted by atomic mass is 32.2. The first-order valence-corrected chi connectivity index (χ1v) is 10.9. The first-order valence-electron chi connectivity index (χ1n) is 9.43. The average Bonchev–Trinajstić information content (AvgIpc) is 2.67. The highest BCUT2D eigenvalue weighted by Gasteiger charge is 2.31. The van der Waals surface area contributed by atoms with Gasteiger partial charge in [-0.1, -0.05) is 6.08 Å². The second-order valence-corrected chi connectivity index (χ2v) is 9.06. The number of nitrogens with two attached hydrogens (primary N) is 1. The molecule has 2 heterocycles. The number of aromatic nitrogens is 2. The maximum absolute atomic E-state index is 13.3. The number of rotatable bonds is 2. The number of allylic oxidation sites excluding steroid dienone is 1. The van der Waals surface area contributed by atoms with Crippen molar-refractivity contribution < 1.29 is 17.4 Å². The Morgan fingerprint density at radius 2 is 1.80 bits per heavy atom. The van der Waals surface area contributed by atoms with Gasteiger partial charge in [0.25, 0.3) is 0 Å². The van der Waals surface area contributed by atoms with Crippen LogP contribution in [-0.2, 0) is 17.0 Å². The summed E-state index contributed by atoms with van der Waals surface area (Å²) in [4.78, 5) is 8.99. The van der Waals surface area contributed by atoms with E-state index in [9.17, 15) is 17.4 Å². The third-order valence-corrected chi connectivity index (χ3v) is 6.34. The molecule has 1 aliphatic rings. The molecule has 1 unspecified atom stereocenters. The number of aryl methyl sites for hydroxylation is 2. The number of hydrogen-bond donors (Lipinski definition) is 1. The summed E-state index contributed by atoms with van der Waals surface area (Å²) in [6.45, 7) is 3.64. The minimum Gasteiger partial charge on any atom is -0.399 e. The molecular formula is C22H20F3N3OS. The van der Waals surface area contributed by atoms with Gasteiger partial charge in [-0.3, -0.25) is 4.21 Å². The van der Waals surface area contributed by atoms with E-state index in [1.54, 1.807) is 6.92 Å². The summed E-state index contributed by atoms with van der Waals surface area (Å²) in [5.41, 5.74) is 9.33. The van der Waals surface area contributed by atoms with Gasteiger partial charge in [-0.2, -0.15) is 13.2 Å². The standard InChI is InChI=1S/C22H20F3N3OS/c1-12-7-15(14-3-5-30(29)6-4-14)10-19-20(12)27-13(2)28-21(19)16-8-17(22(23,24)25)11-18(26)9-16/h3,7-11H,4-6,26H2,1-2H3. The third kappa shape index (κ3) is 3.96. The number of nitrogens with zero attached hydrogens (tertiary/aromatic N) is 2. The lowest BCUT2D eigenvalue weighted by atomic mass is 9.95. The van der Waals surface area contributed by atoms with E-state index in [1.165, 1.54) is 6.07 Å². The smallest absolute Gasteiger partial charge is 0.399 e. The molecule has 4 rings (SSSR count). The predicted molar refractivity (Wildman–Crippen MR) is 114 cm³/mol. The number of hydrogen-bond acceptors (Lipinski definition) is 4. The van der Waals surface area contributed by atoms with Gasteiger partial charge in [0, 0.05) is 38.9 Å². The molecule has 2 aromatic carbocycles. The van der Waals surface area contributed by atoms with Gasteiger partial charge in [-0.15, -0.1) is 0 Å². The van der Waals surface area contributed by atoms with E-state index in [1.807, 2.05) is 25.1 Å². The Bertz CT molecular complexity index is 1220. The second-order valence-electron chi connectivity index (χ2n) is 7.44. The van der Waals surface area contributed by atoms with Crippen LogP contribution >= 0.6 is 0 Å². The summed E-state index contributed by atoms with van der Waals surface area (Å²) in [5, 5.41) is 0.668. The summed E-state index contributed by atoms with van der Waals surface area (Å²) in [5.74, 6) is 1.58. The Hall–Kier alpha value is -2.74. The predicted octanol–water partition coefficient (Wildman–Crippen LogP) is 5.05. The molecule has 0 bridgehead atoms. The van der Waals surface area contributed by atoms with Crippen molar-refractivity contribution in [2.75, 3.05) is 17.2 Å². The van der Waals surface area contributed by atoms with E-state index in [2.05, 4.69) is 9.97 Å². The van der Waals surface area contributed by atoms with E-state index in [-0.39, 0.29) is 5.69 Å². The molecule has 0 saturated heterocycles. The van der Waals surface area contributed by atoms with Gasteiger partial charge >= 0.3 is 6.18 Å². The zero-order valence-corrected chi connectivity index (χ0v) is 17.3. The average molecular weight is 431 g/mol. The van der Waals surface area contributed by atoms with Crippen molar-refractivity contribution in [2.45, 2.75) is 26.4 Å². The highest BCUT2D eigenvalue weighted by molar-refractivity contribution is 7.85. The van der Waals surface area contributed by atoms with Crippen LogP contribution in [0.4, 0.5) is 18.9 Å². The summed E-state index contributed by atoms with van der Waals surface area (Å²) in [6, 6.07) is 7.42. The number of alkyl halides is 3. The lowest BCUT2D eigenvalue weighted by Crippen LogP contribution is -2.08. The zero-order valence-electron chi connectivity index (χ0n) is 16.5. The molecule has 0 spiro atoms. The molecule has 0 saturated carbocycles. The number of nitrogen functional groups attached to an aromatic ring is 1. The molecule has 0 fully saturated rings. The normalized spacial score (nSPS) is 17.2. The fourth-order valence-corrected chi connectivity index (χ4v) is 4.74. The van der Waals surface area contributed by atoms with Gasteiger partial charge in [0.05, 0.1) is 16.8 Å². The van der Waals surface area contributed by atoms with Crippen LogP contribution in [-0.4, -0.2) is 25.7 Å². The first kappa shape index (κ1) is 20.5. The molecular weight excluding hydrogens is 411 g/mol. The van der Waals surface area contributed by atoms with Gasteiger partial charge in [-0.05, 0) is 67.3 Å². The Balaban J connectivity index is 1.96. The molecule has 1 aromatic heterocycles. The van der Waals surface area contributed by atoms with Crippen LogP contribution < -0.4 is 5.73 Å². The van der Waals surface area contributed by atoms with Gasteiger partial charge in [0.15, 0.2) is 0 Å². The molecule has 1 atom stereocenters. The summed E-state index contributed by atoms with van der Waals surface area (Å²) < 4.78 is 51.7. The van der Waals surface area contributed by atoms with Crippen molar-refractivity contribution in [1.29, 1.82) is 0 Å². The fourth-order valence-electron chi connectivity index (χ4n) is 3.74. The molecule has 3 aromatic rings. The van der Waals surface area contributed by atoms with Crippen LogP contribution in [0.25, 0.3) is 27.7 Å². The Kier molecular flexibility index (Phi) is 5.13. The molecule has 156 valence electrons. The number of halogens is 3. The summed E-state index contributed by atoms with van der Waals surface area (Å²) >= 11 is 0. The van der Waals surface area contributed by atoms with Crippen molar-refractivity contribution >= 4 is 33.0 Å². The van der Waals surface area contributed by atoms with Crippen molar-refractivity contribution in [3.8, 4) is 11.3 Å². The fraction of sp³-hybridized carbons (Fsp3) is 0.273. The largest absolute Gasteiger partial charge is 0.416 e. The van der Waals surface area contributed by atoms with E-state index in [0.717, 1.165) is 28.8 Å². The second kappa shape index (κ2) is 7.50. The topological polar surface area (TPSA) is 68.9 Å². The maximum atomic E-state index is 13.3. The molecule has 2 N–H and O–H groups in total. The SMILES string of the molecule is Cc1nc(-c2cc(N)cc(C(F)(F)F)c2)c2cc(C3=CCS(=O)CC3)cc(C)c2n1. The number of anilines is 1. The van der Waals surface area contributed by atoms with Crippen molar-refractivity contribution in [2.24, 2.45) is 0 Å². The maximum Gasteiger partial charge on any atom is 0.416 e. The first-order chi connectivity index (χ1) is 14.1. The van der Waals surface area contributed by atoms with Crippen molar-refractivity contribution in [3.63, 3.8) is 0 Å². The molecule has 30 heavy (non-hydrogen) atoms. The minimum absolute atomic E-state index is 0.0228. The van der Waals surface area contributed by atoms with Gasteiger partial charge in [0.1, 0.15) is 5.82 Å². The minimum atomic E-state index is -4.51. The van der Waals surface area contributed by atoms with Gasteiger partial charge in [-0.25, -0.2) is 9.97 Å². The molecule has 8 heteroatoms. The van der Waals surface area contributed by atoms with Crippen LogP contribution in [0, 0.1) is 13.8 Å². The highest BCUT2D eigenvalue weighted by Crippen LogP contribution is 2.37. The van der Waals surface area contributed by atoms with Crippen LogP contribution in [0.1, 0.15) is 28.9 Å². The lowest BCUT2D eigenvalue weighted by molar-refractivity contribution is -0.137. The van der Waals surface area contributed by atoms with Gasteiger partial charge < -0.3 is 5.73 Å². The van der Waals surface area contributed by atoms with Crippen LogP contribution in [0.15, 0.2) is 36.4 Å². The summed E-state index contributed by atoms with van der Waals surface area (Å²) in [7, 11) is -0.840. The van der Waals surface area contributed by atoms with Gasteiger partial charge in [0.2, 0.25) is 0 Å². The molecule has 0 amide bonds. The number of benzene rings is 2. The summed E-state index contributed by atoms with van der Waals surface area (Å²) in [6.07, 6.45) is -1.85. The quantitative estimate of drug-likeness (QED) is 0.577. The monoisotopic (exact) mass is 431 g/mol. The van der Waals surface area contributed by atoms with E-state index in [0.29, 0.717) is 45.9 Å². The van der Waals surface area contributed by atoms with Crippen LogP contribution in [0.5, 0.6) is 0 Å². The Morgan fingerprint density at radius 1 is 1.03 bits per heavy atom. The van der Waals surface area contributed by atoms with Crippen molar-refractivity contribution in [1.82, 2.24) is 9.97 Å². The Morgan fingerprint density at radius 3 is 2.47 bits per heavy atom. The van der Waals surface area contributed by atoms with E-state index < -0.39 is 22.5 Å². The lowest BCUT2D eigenvalue weighted by Gasteiger charge is -2.17. The Labute approximate surface area is 174 Å². The molecule has 0 radical (unpaired) electrons. The van der Waals surface area contributed by atoms with Crippen LogP contribution in [0.2, 0.25) is 0 Å². The van der Waals surface area contributed by atoms with E-state index >= 15 is 0 Å². The van der Waals surface area contributed by atoms with E-state index in [4.69, 9.17) is 5.73 Å². The number of fused-ring (bicyclic) bond motifs is 1. The van der Waals surface area contributed by atoms with Crippen molar-refractivity contribution in [3.05, 3.63) is 58.9 Å². The molecule has 4 nitrogen and oxygen atoms in total. The third-order valence-electron chi connectivity index (χ3n) is 5.14. The molecule has 1 aliphatic heterocycles. The molecule has 0 aliphatic carbocycles.